The Morgan fingerprint density at radius 3 is 2.20 bits per heavy atom. The molecule has 3 N–H and O–H groups in total. The number of carbonyl (C=O) groups is 3. The van der Waals surface area contributed by atoms with Crippen molar-refractivity contribution in [3.8, 4) is 5.75 Å². The molecule has 8 nitrogen and oxygen atoms in total. The monoisotopic (exact) mass is 491 g/mol. The van der Waals surface area contributed by atoms with E-state index in [9.17, 15) is 19.5 Å². The van der Waals surface area contributed by atoms with Crippen LogP contribution in [0.4, 0.5) is 4.79 Å². The van der Waals surface area contributed by atoms with Crippen LogP contribution in [0, 0.1) is 0 Å². The van der Waals surface area contributed by atoms with Crippen LogP contribution in [0.3, 0.4) is 0 Å². The first-order valence-electron chi connectivity index (χ1n) is 12.6. The van der Waals surface area contributed by atoms with E-state index in [1.807, 2.05) is 20.8 Å². The quantitative estimate of drug-likeness (QED) is 0.375. The normalized spacial score (nSPS) is 13.5. The number of hydrogen-bond donors (Lipinski definition) is 3. The number of hydrogen-bond acceptors (Lipinski definition) is 5. The molecular formula is C27H45N3O5. The van der Waals surface area contributed by atoms with Gasteiger partial charge in [0.1, 0.15) is 23.4 Å². The minimum atomic E-state index is -0.970. The van der Waals surface area contributed by atoms with Crippen molar-refractivity contribution in [2.45, 2.75) is 111 Å². The van der Waals surface area contributed by atoms with Crippen LogP contribution >= 0.6 is 0 Å². The van der Waals surface area contributed by atoms with E-state index >= 15 is 0 Å². The van der Waals surface area contributed by atoms with Gasteiger partial charge in [-0.2, -0.15) is 0 Å². The molecule has 2 unspecified atom stereocenters. The van der Waals surface area contributed by atoms with E-state index in [1.54, 1.807) is 39.8 Å². The maximum Gasteiger partial charge on any atom is 0.408 e. The lowest BCUT2D eigenvalue weighted by Gasteiger charge is -2.35. The van der Waals surface area contributed by atoms with Crippen LogP contribution in [-0.2, 0) is 14.3 Å². The summed E-state index contributed by atoms with van der Waals surface area (Å²) in [6.07, 6.45) is 4.16. The topological polar surface area (TPSA) is 108 Å². The number of rotatable bonds is 11. The number of phenols is 1. The number of ether oxygens (including phenoxy) is 1. The third-order valence-electron chi connectivity index (χ3n) is 5.13. The van der Waals surface area contributed by atoms with Crippen LogP contribution in [0.25, 0.3) is 0 Å². The van der Waals surface area contributed by atoms with Crippen molar-refractivity contribution < 1.29 is 24.2 Å². The molecule has 2 atom stereocenters. The molecule has 1 rings (SSSR count). The molecule has 1 aromatic carbocycles. The molecule has 0 spiro atoms. The Hall–Kier alpha value is -2.77. The Labute approximate surface area is 210 Å². The number of aromatic hydroxyl groups is 1. The van der Waals surface area contributed by atoms with E-state index in [0.717, 1.165) is 25.7 Å². The van der Waals surface area contributed by atoms with Gasteiger partial charge < -0.3 is 25.4 Å². The van der Waals surface area contributed by atoms with Crippen LogP contribution < -0.4 is 10.6 Å². The van der Waals surface area contributed by atoms with E-state index in [2.05, 4.69) is 17.6 Å². The number of phenolic OH excluding ortho intramolecular Hbond substituents is 1. The summed E-state index contributed by atoms with van der Waals surface area (Å²) in [5, 5.41) is 15.7. The number of alkyl carbamates (subject to hydrolysis) is 1. The smallest absolute Gasteiger partial charge is 0.408 e. The molecule has 8 heteroatoms. The van der Waals surface area contributed by atoms with Crippen LogP contribution in [-0.4, -0.2) is 51.6 Å². The number of unbranched alkanes of at least 4 members (excludes halogenated alkanes) is 4. The SMILES string of the molecule is CCCCCCCN(C(=O)C(C)NC(=O)OC(C)(C)C)C(C(=O)NC(C)(C)C)c1cccc(O)c1. The van der Waals surface area contributed by atoms with Crippen LogP contribution in [0.15, 0.2) is 24.3 Å². The Balaban J connectivity index is 3.31. The van der Waals surface area contributed by atoms with Gasteiger partial charge in [0.05, 0.1) is 0 Å². The number of nitrogens with zero attached hydrogens (tertiary/aromatic N) is 1. The maximum atomic E-state index is 13.6. The summed E-state index contributed by atoms with van der Waals surface area (Å²) >= 11 is 0. The standard InChI is InChI=1S/C27H45N3O5/c1-9-10-11-12-13-17-30(24(33)19(2)28-25(34)35-27(6,7)8)22(23(32)29-26(3,4)5)20-15-14-16-21(31)18-20/h14-16,18-19,22,31H,9-13,17H2,1-8H3,(H,28,34)(H,29,32). The van der Waals surface area contributed by atoms with E-state index in [0.29, 0.717) is 18.5 Å². The van der Waals surface area contributed by atoms with Crippen molar-refractivity contribution in [3.63, 3.8) is 0 Å². The minimum Gasteiger partial charge on any atom is -0.508 e. The van der Waals surface area contributed by atoms with Gasteiger partial charge in [-0.25, -0.2) is 4.79 Å². The third kappa shape index (κ3) is 11.5. The van der Waals surface area contributed by atoms with Crippen molar-refractivity contribution in [1.29, 1.82) is 0 Å². The molecule has 3 amide bonds. The second-order valence-corrected chi connectivity index (χ2v) is 11.1. The molecular weight excluding hydrogens is 446 g/mol. The number of nitrogens with one attached hydrogen (secondary N) is 2. The van der Waals surface area contributed by atoms with Gasteiger partial charge in [0, 0.05) is 12.1 Å². The summed E-state index contributed by atoms with van der Waals surface area (Å²) in [6, 6.07) is 4.50. The van der Waals surface area contributed by atoms with Gasteiger partial charge in [-0.15, -0.1) is 0 Å². The molecule has 0 bridgehead atoms. The minimum absolute atomic E-state index is 0.00586. The van der Waals surface area contributed by atoms with E-state index in [-0.39, 0.29) is 11.7 Å². The fraction of sp³-hybridized carbons (Fsp3) is 0.667. The molecule has 35 heavy (non-hydrogen) atoms. The zero-order chi connectivity index (χ0) is 26.8. The van der Waals surface area contributed by atoms with Gasteiger partial charge in [-0.05, 0) is 72.6 Å². The summed E-state index contributed by atoms with van der Waals surface area (Å²) in [6.45, 7) is 14.9. The van der Waals surface area contributed by atoms with Crippen LogP contribution in [0.2, 0.25) is 0 Å². The Morgan fingerprint density at radius 2 is 1.66 bits per heavy atom. The first-order chi connectivity index (χ1) is 16.1. The first kappa shape index (κ1) is 30.3. The Bertz CT molecular complexity index is 842. The molecule has 0 aliphatic rings. The average molecular weight is 492 g/mol. The summed E-state index contributed by atoms with van der Waals surface area (Å²) in [5.74, 6) is -0.746. The number of benzene rings is 1. The maximum absolute atomic E-state index is 13.6. The number of carbonyl (C=O) groups excluding carboxylic acids is 3. The molecule has 0 saturated heterocycles. The number of amides is 3. The molecule has 0 radical (unpaired) electrons. The second kappa shape index (κ2) is 13.4. The highest BCUT2D eigenvalue weighted by atomic mass is 16.6. The van der Waals surface area contributed by atoms with Crippen molar-refractivity contribution in [3.05, 3.63) is 29.8 Å². The average Bonchev–Trinajstić information content (AvgIpc) is 2.69. The third-order valence-corrected chi connectivity index (χ3v) is 5.13. The van der Waals surface area contributed by atoms with Crippen molar-refractivity contribution in [2.75, 3.05) is 6.54 Å². The van der Waals surface area contributed by atoms with E-state index in [1.165, 1.54) is 17.0 Å². The molecule has 1 aromatic rings. The predicted octanol–water partition coefficient (Wildman–Crippen LogP) is 5.06. The lowest BCUT2D eigenvalue weighted by Crippen LogP contribution is -2.54. The molecule has 0 aliphatic heterocycles. The summed E-state index contributed by atoms with van der Waals surface area (Å²) in [7, 11) is 0. The summed E-state index contributed by atoms with van der Waals surface area (Å²) in [4.78, 5) is 41.0. The molecule has 0 saturated carbocycles. The summed E-state index contributed by atoms with van der Waals surface area (Å²) < 4.78 is 5.30. The molecule has 0 aliphatic carbocycles. The van der Waals surface area contributed by atoms with E-state index < -0.39 is 35.2 Å². The fourth-order valence-electron chi connectivity index (χ4n) is 3.65. The van der Waals surface area contributed by atoms with Crippen LogP contribution in [0.1, 0.15) is 99.1 Å². The second-order valence-electron chi connectivity index (χ2n) is 11.1. The first-order valence-corrected chi connectivity index (χ1v) is 12.6. The zero-order valence-electron chi connectivity index (χ0n) is 22.7. The summed E-state index contributed by atoms with van der Waals surface area (Å²) in [5.41, 5.74) is -0.733. The van der Waals surface area contributed by atoms with Crippen molar-refractivity contribution >= 4 is 17.9 Å². The largest absolute Gasteiger partial charge is 0.508 e. The highest BCUT2D eigenvalue weighted by Crippen LogP contribution is 2.27. The van der Waals surface area contributed by atoms with Gasteiger partial charge in [-0.3, -0.25) is 9.59 Å². The van der Waals surface area contributed by atoms with Crippen molar-refractivity contribution in [1.82, 2.24) is 15.5 Å². The van der Waals surface area contributed by atoms with Gasteiger partial charge in [0.2, 0.25) is 11.8 Å². The molecule has 0 heterocycles. The van der Waals surface area contributed by atoms with Gasteiger partial charge >= 0.3 is 6.09 Å². The Kier molecular flexibility index (Phi) is 11.5. The van der Waals surface area contributed by atoms with Crippen LogP contribution in [0.5, 0.6) is 5.75 Å². The Morgan fingerprint density at radius 1 is 1.03 bits per heavy atom. The van der Waals surface area contributed by atoms with Gasteiger partial charge in [-0.1, -0.05) is 44.7 Å². The van der Waals surface area contributed by atoms with Gasteiger partial charge in [0.15, 0.2) is 0 Å². The fourth-order valence-corrected chi connectivity index (χ4v) is 3.65. The lowest BCUT2D eigenvalue weighted by molar-refractivity contribution is -0.142. The van der Waals surface area contributed by atoms with E-state index in [4.69, 9.17) is 4.74 Å². The highest BCUT2D eigenvalue weighted by Gasteiger charge is 2.35. The zero-order valence-corrected chi connectivity index (χ0v) is 22.7. The molecule has 198 valence electrons. The molecule has 0 fully saturated rings. The lowest BCUT2D eigenvalue weighted by atomic mass is 10.00. The highest BCUT2D eigenvalue weighted by molar-refractivity contribution is 5.92. The predicted molar refractivity (Wildman–Crippen MR) is 138 cm³/mol. The molecule has 0 aromatic heterocycles. The van der Waals surface area contributed by atoms with Gasteiger partial charge in [0.25, 0.3) is 0 Å². The van der Waals surface area contributed by atoms with Crippen molar-refractivity contribution in [2.24, 2.45) is 0 Å².